The first-order chi connectivity index (χ1) is 9.03. The summed E-state index contributed by atoms with van der Waals surface area (Å²) in [6.45, 7) is 5.46. The minimum Gasteiger partial charge on any atom is -0.495 e. The van der Waals surface area contributed by atoms with Crippen LogP contribution in [-0.4, -0.2) is 18.8 Å². The van der Waals surface area contributed by atoms with E-state index in [9.17, 15) is 9.59 Å². The van der Waals surface area contributed by atoms with Crippen LogP contribution >= 0.6 is 0 Å². The summed E-state index contributed by atoms with van der Waals surface area (Å²) in [5, 5.41) is 2.84. The Morgan fingerprint density at radius 3 is 2.37 bits per heavy atom. The van der Waals surface area contributed by atoms with Crippen molar-refractivity contribution in [3.8, 4) is 5.75 Å². The van der Waals surface area contributed by atoms with Gasteiger partial charge in [-0.25, -0.2) is 0 Å². The Morgan fingerprint density at radius 1 is 1.26 bits per heavy atom. The van der Waals surface area contributed by atoms with E-state index in [0.29, 0.717) is 17.0 Å². The zero-order chi connectivity index (χ0) is 14.4. The molecule has 1 amide bonds. The van der Waals surface area contributed by atoms with Crippen molar-refractivity contribution in [1.29, 1.82) is 0 Å². The van der Waals surface area contributed by atoms with Gasteiger partial charge in [-0.3, -0.25) is 9.59 Å². The molecule has 1 aromatic carbocycles. The molecule has 4 nitrogen and oxygen atoms in total. The van der Waals surface area contributed by atoms with Gasteiger partial charge < -0.3 is 10.1 Å². The van der Waals surface area contributed by atoms with Crippen LogP contribution in [0.1, 0.15) is 44.0 Å². The van der Waals surface area contributed by atoms with Crippen molar-refractivity contribution < 1.29 is 14.3 Å². The second-order valence-corrected chi connectivity index (χ2v) is 4.47. The van der Waals surface area contributed by atoms with Crippen LogP contribution < -0.4 is 10.1 Å². The molecule has 19 heavy (non-hydrogen) atoms. The fraction of sp³-hybridized carbons (Fsp3) is 0.467. The number of carbonyl (C=O) groups excluding carboxylic acids is 2. The highest BCUT2D eigenvalue weighted by Crippen LogP contribution is 2.26. The van der Waals surface area contributed by atoms with Gasteiger partial charge in [0, 0.05) is 11.5 Å². The first-order valence-corrected chi connectivity index (χ1v) is 6.53. The van der Waals surface area contributed by atoms with E-state index in [1.165, 1.54) is 14.0 Å². The van der Waals surface area contributed by atoms with Gasteiger partial charge in [0.05, 0.1) is 12.8 Å². The highest BCUT2D eigenvalue weighted by atomic mass is 16.5. The average Bonchev–Trinajstić information content (AvgIpc) is 2.39. The standard InChI is InChI=1S/C15H21NO3/c1-5-11(6-2)15(18)16-13-9-12(10(3)17)7-8-14(13)19-4/h7-9,11H,5-6H2,1-4H3,(H,16,18). The van der Waals surface area contributed by atoms with Crippen LogP contribution in [0.25, 0.3) is 0 Å². The summed E-state index contributed by atoms with van der Waals surface area (Å²) in [5.41, 5.74) is 1.10. The van der Waals surface area contributed by atoms with Crippen LogP contribution in [0.5, 0.6) is 5.75 Å². The lowest BCUT2D eigenvalue weighted by Crippen LogP contribution is -2.22. The Morgan fingerprint density at radius 2 is 1.89 bits per heavy atom. The van der Waals surface area contributed by atoms with Gasteiger partial charge in [-0.1, -0.05) is 13.8 Å². The van der Waals surface area contributed by atoms with Crippen molar-refractivity contribution in [2.45, 2.75) is 33.6 Å². The number of amides is 1. The number of methoxy groups -OCH3 is 1. The van der Waals surface area contributed by atoms with Crippen molar-refractivity contribution in [2.75, 3.05) is 12.4 Å². The highest BCUT2D eigenvalue weighted by Gasteiger charge is 2.16. The summed E-state index contributed by atoms with van der Waals surface area (Å²) in [5.74, 6) is 0.458. The molecule has 0 aliphatic rings. The Balaban J connectivity index is 3.00. The van der Waals surface area contributed by atoms with Crippen molar-refractivity contribution in [1.82, 2.24) is 0 Å². The molecule has 1 aromatic rings. The average molecular weight is 263 g/mol. The van der Waals surface area contributed by atoms with E-state index < -0.39 is 0 Å². The lowest BCUT2D eigenvalue weighted by atomic mass is 10.0. The Labute approximate surface area is 114 Å². The molecule has 0 saturated heterocycles. The number of rotatable bonds is 6. The topological polar surface area (TPSA) is 55.4 Å². The molecule has 1 N–H and O–H groups in total. The molecule has 0 aliphatic heterocycles. The van der Waals surface area contributed by atoms with Gasteiger partial charge >= 0.3 is 0 Å². The van der Waals surface area contributed by atoms with Crippen molar-refractivity contribution in [2.24, 2.45) is 5.92 Å². The van der Waals surface area contributed by atoms with Crippen molar-refractivity contribution in [3.05, 3.63) is 23.8 Å². The maximum absolute atomic E-state index is 12.1. The Kier molecular flexibility index (Phi) is 5.55. The zero-order valence-electron chi connectivity index (χ0n) is 11.9. The van der Waals surface area contributed by atoms with Crippen LogP contribution in [0.3, 0.4) is 0 Å². The lowest BCUT2D eigenvalue weighted by Gasteiger charge is -2.15. The van der Waals surface area contributed by atoms with Crippen LogP contribution in [0.2, 0.25) is 0 Å². The van der Waals surface area contributed by atoms with Gasteiger partial charge in [0.1, 0.15) is 5.75 Å². The molecule has 0 bridgehead atoms. The minimum absolute atomic E-state index is 0.0225. The van der Waals surface area contributed by atoms with Crippen LogP contribution in [0.4, 0.5) is 5.69 Å². The molecule has 0 spiro atoms. The summed E-state index contributed by atoms with van der Waals surface area (Å²) in [6.07, 6.45) is 1.58. The Hall–Kier alpha value is -1.84. The predicted octanol–water partition coefficient (Wildman–Crippen LogP) is 3.27. The van der Waals surface area contributed by atoms with E-state index in [1.54, 1.807) is 18.2 Å². The van der Waals surface area contributed by atoms with Gasteiger partial charge in [-0.05, 0) is 38.0 Å². The molecule has 0 aliphatic carbocycles. The van der Waals surface area contributed by atoms with E-state index in [4.69, 9.17) is 4.74 Å². The number of anilines is 1. The molecule has 104 valence electrons. The molecule has 0 saturated carbocycles. The number of hydrogen-bond acceptors (Lipinski definition) is 3. The molecule has 1 rings (SSSR count). The normalized spacial score (nSPS) is 10.4. The van der Waals surface area contributed by atoms with E-state index in [1.807, 2.05) is 13.8 Å². The minimum atomic E-state index is -0.0410. The van der Waals surface area contributed by atoms with Gasteiger partial charge in [-0.15, -0.1) is 0 Å². The van der Waals surface area contributed by atoms with E-state index >= 15 is 0 Å². The first kappa shape index (κ1) is 15.2. The van der Waals surface area contributed by atoms with E-state index in [2.05, 4.69) is 5.32 Å². The molecule has 0 heterocycles. The number of nitrogens with one attached hydrogen (secondary N) is 1. The van der Waals surface area contributed by atoms with E-state index in [-0.39, 0.29) is 17.6 Å². The molecule has 0 radical (unpaired) electrons. The van der Waals surface area contributed by atoms with Gasteiger partial charge in [0.15, 0.2) is 5.78 Å². The first-order valence-electron chi connectivity index (χ1n) is 6.53. The summed E-state index contributed by atoms with van der Waals surface area (Å²) in [4.78, 5) is 23.4. The maximum atomic E-state index is 12.1. The summed E-state index contributed by atoms with van der Waals surface area (Å²) >= 11 is 0. The third-order valence-corrected chi connectivity index (χ3v) is 3.22. The monoisotopic (exact) mass is 263 g/mol. The lowest BCUT2D eigenvalue weighted by molar-refractivity contribution is -0.120. The molecule has 0 unspecified atom stereocenters. The van der Waals surface area contributed by atoms with Gasteiger partial charge in [0.2, 0.25) is 5.91 Å². The molecular weight excluding hydrogens is 242 g/mol. The molecule has 0 fully saturated rings. The number of carbonyl (C=O) groups is 2. The fourth-order valence-corrected chi connectivity index (χ4v) is 1.92. The van der Waals surface area contributed by atoms with Crippen LogP contribution in [0, 0.1) is 5.92 Å². The van der Waals surface area contributed by atoms with Crippen molar-refractivity contribution in [3.63, 3.8) is 0 Å². The smallest absolute Gasteiger partial charge is 0.227 e. The highest BCUT2D eigenvalue weighted by molar-refractivity contribution is 5.98. The van der Waals surface area contributed by atoms with Crippen LogP contribution in [0.15, 0.2) is 18.2 Å². The van der Waals surface area contributed by atoms with Gasteiger partial charge in [-0.2, -0.15) is 0 Å². The number of Topliss-reactive ketones (excluding diaryl/α,β-unsaturated/α-hetero) is 1. The molecule has 0 aromatic heterocycles. The van der Waals surface area contributed by atoms with E-state index in [0.717, 1.165) is 12.8 Å². The number of benzene rings is 1. The quantitative estimate of drug-likeness (QED) is 0.801. The second-order valence-electron chi connectivity index (χ2n) is 4.47. The molecule has 4 heteroatoms. The maximum Gasteiger partial charge on any atom is 0.227 e. The molecular formula is C15H21NO3. The second kappa shape index (κ2) is 6.92. The van der Waals surface area contributed by atoms with Crippen molar-refractivity contribution >= 4 is 17.4 Å². The summed E-state index contributed by atoms with van der Waals surface area (Å²) in [6, 6.07) is 5.04. The third-order valence-electron chi connectivity index (χ3n) is 3.22. The van der Waals surface area contributed by atoms with Gasteiger partial charge in [0.25, 0.3) is 0 Å². The number of ether oxygens (including phenoxy) is 1. The SMILES string of the molecule is CCC(CC)C(=O)Nc1cc(C(C)=O)ccc1OC. The fourth-order valence-electron chi connectivity index (χ4n) is 1.92. The summed E-state index contributed by atoms with van der Waals surface area (Å²) in [7, 11) is 1.54. The predicted molar refractivity (Wildman–Crippen MR) is 75.7 cm³/mol. The Bertz CT molecular complexity index is 464. The number of ketones is 1. The zero-order valence-corrected chi connectivity index (χ0v) is 11.9. The molecule has 0 atom stereocenters. The summed E-state index contributed by atoms with van der Waals surface area (Å²) < 4.78 is 5.20. The van der Waals surface area contributed by atoms with Crippen LogP contribution in [-0.2, 0) is 4.79 Å². The third kappa shape index (κ3) is 3.81. The largest absolute Gasteiger partial charge is 0.495 e. The number of hydrogen-bond donors (Lipinski definition) is 1.